The van der Waals surface area contributed by atoms with Crippen LogP contribution in [-0.2, 0) is 6.18 Å². The smallest absolute Gasteiger partial charge is 0.398 e. The van der Waals surface area contributed by atoms with E-state index in [9.17, 15) is 13.2 Å². The Morgan fingerprint density at radius 1 is 1.21 bits per heavy atom. The molecule has 19 heavy (non-hydrogen) atoms. The van der Waals surface area contributed by atoms with Crippen LogP contribution in [0.4, 0.5) is 24.5 Å². The van der Waals surface area contributed by atoms with Gasteiger partial charge in [0.25, 0.3) is 0 Å². The van der Waals surface area contributed by atoms with E-state index < -0.39 is 11.7 Å². The summed E-state index contributed by atoms with van der Waals surface area (Å²) < 4.78 is 37.9. The first-order chi connectivity index (χ1) is 8.80. The van der Waals surface area contributed by atoms with Crippen molar-refractivity contribution in [2.24, 2.45) is 0 Å². The summed E-state index contributed by atoms with van der Waals surface area (Å²) in [4.78, 5) is 2.07. The van der Waals surface area contributed by atoms with Gasteiger partial charge in [0, 0.05) is 17.9 Å². The highest BCUT2D eigenvalue weighted by Crippen LogP contribution is 2.35. The Morgan fingerprint density at radius 2 is 1.89 bits per heavy atom. The van der Waals surface area contributed by atoms with Crippen LogP contribution < -0.4 is 11.1 Å². The third-order valence-electron chi connectivity index (χ3n) is 2.72. The third kappa shape index (κ3) is 5.38. The quantitative estimate of drug-likeness (QED) is 0.619. The number of hydrogen-bond donors (Lipinski definition) is 2. The van der Waals surface area contributed by atoms with Crippen molar-refractivity contribution < 1.29 is 13.2 Å². The molecule has 0 saturated carbocycles. The summed E-state index contributed by atoms with van der Waals surface area (Å²) in [5, 5.41) is 2.98. The monoisotopic (exact) mass is 275 g/mol. The molecule has 0 atom stereocenters. The molecule has 0 heterocycles. The average Bonchev–Trinajstić information content (AvgIpc) is 2.28. The predicted molar refractivity (Wildman–Crippen MR) is 72.1 cm³/mol. The van der Waals surface area contributed by atoms with Crippen LogP contribution in [0.25, 0.3) is 0 Å². The second kappa shape index (κ2) is 6.65. The Kier molecular flexibility index (Phi) is 5.47. The van der Waals surface area contributed by atoms with Crippen molar-refractivity contribution in [2.45, 2.75) is 19.0 Å². The van der Waals surface area contributed by atoms with E-state index in [1.54, 1.807) is 6.07 Å². The van der Waals surface area contributed by atoms with Gasteiger partial charge in [-0.05, 0) is 51.7 Å². The van der Waals surface area contributed by atoms with Gasteiger partial charge in [0.05, 0.1) is 5.56 Å². The van der Waals surface area contributed by atoms with Crippen LogP contribution in [0, 0.1) is 0 Å². The van der Waals surface area contributed by atoms with Gasteiger partial charge in [0.1, 0.15) is 0 Å². The van der Waals surface area contributed by atoms with E-state index >= 15 is 0 Å². The van der Waals surface area contributed by atoms with Crippen LogP contribution in [0.1, 0.15) is 18.4 Å². The third-order valence-corrected chi connectivity index (χ3v) is 2.72. The lowest BCUT2D eigenvalue weighted by Crippen LogP contribution is -2.14. The highest BCUT2D eigenvalue weighted by atomic mass is 19.4. The number of hydrogen-bond acceptors (Lipinski definition) is 3. The highest BCUT2D eigenvalue weighted by Gasteiger charge is 2.33. The summed E-state index contributed by atoms with van der Waals surface area (Å²) in [6.07, 6.45) is -2.50. The first-order valence-corrected chi connectivity index (χ1v) is 6.16. The molecule has 0 spiro atoms. The van der Waals surface area contributed by atoms with Crippen LogP contribution in [0.15, 0.2) is 18.2 Å². The van der Waals surface area contributed by atoms with E-state index in [0.29, 0.717) is 12.2 Å². The fourth-order valence-corrected chi connectivity index (χ4v) is 1.70. The van der Waals surface area contributed by atoms with Gasteiger partial charge in [0.15, 0.2) is 0 Å². The molecule has 6 heteroatoms. The zero-order valence-electron chi connectivity index (χ0n) is 11.2. The Hall–Kier alpha value is -1.43. The van der Waals surface area contributed by atoms with E-state index in [1.165, 1.54) is 6.07 Å². The number of benzene rings is 1. The number of halogens is 3. The van der Waals surface area contributed by atoms with Gasteiger partial charge >= 0.3 is 6.18 Å². The fraction of sp³-hybridized carbons (Fsp3) is 0.538. The lowest BCUT2D eigenvalue weighted by molar-refractivity contribution is -0.136. The summed E-state index contributed by atoms with van der Waals surface area (Å²) >= 11 is 0. The molecule has 0 unspecified atom stereocenters. The van der Waals surface area contributed by atoms with Crippen LogP contribution >= 0.6 is 0 Å². The number of unbranched alkanes of at least 4 members (excludes halogenated alkanes) is 1. The molecule has 1 aromatic carbocycles. The maximum atomic E-state index is 12.6. The van der Waals surface area contributed by atoms with Crippen molar-refractivity contribution in [2.75, 3.05) is 38.2 Å². The molecule has 1 aromatic rings. The van der Waals surface area contributed by atoms with Crippen molar-refractivity contribution in [3.63, 3.8) is 0 Å². The first-order valence-electron chi connectivity index (χ1n) is 6.16. The summed E-state index contributed by atoms with van der Waals surface area (Å²) in [7, 11) is 3.98. The summed E-state index contributed by atoms with van der Waals surface area (Å²) in [5.41, 5.74) is 4.75. The molecule has 0 bridgehead atoms. The van der Waals surface area contributed by atoms with E-state index in [2.05, 4.69) is 10.2 Å². The highest BCUT2D eigenvalue weighted by molar-refractivity contribution is 5.58. The number of nitrogens with zero attached hydrogens (tertiary/aromatic N) is 1. The van der Waals surface area contributed by atoms with Crippen molar-refractivity contribution in [3.05, 3.63) is 23.8 Å². The Morgan fingerprint density at radius 3 is 2.47 bits per heavy atom. The molecule has 0 aliphatic heterocycles. The molecule has 0 aliphatic carbocycles. The Balaban J connectivity index is 2.51. The van der Waals surface area contributed by atoms with Gasteiger partial charge in [-0.1, -0.05) is 0 Å². The number of anilines is 2. The summed E-state index contributed by atoms with van der Waals surface area (Å²) in [6, 6.07) is 3.91. The minimum Gasteiger partial charge on any atom is -0.398 e. The largest absolute Gasteiger partial charge is 0.418 e. The number of nitrogen functional groups attached to an aromatic ring is 1. The van der Waals surface area contributed by atoms with Crippen LogP contribution in [0.3, 0.4) is 0 Å². The number of nitrogens with one attached hydrogen (secondary N) is 1. The number of rotatable bonds is 6. The maximum absolute atomic E-state index is 12.6. The molecule has 0 aromatic heterocycles. The molecular formula is C13H20F3N3. The number of nitrogens with two attached hydrogens (primary N) is 1. The molecule has 108 valence electrons. The molecule has 1 rings (SSSR count). The SMILES string of the molecule is CN(C)CCCCNc1ccc(N)c(C(F)(F)F)c1. The van der Waals surface area contributed by atoms with E-state index in [0.717, 1.165) is 25.5 Å². The normalized spacial score (nSPS) is 11.9. The van der Waals surface area contributed by atoms with Crippen molar-refractivity contribution in [3.8, 4) is 0 Å². The molecule has 3 nitrogen and oxygen atoms in total. The topological polar surface area (TPSA) is 41.3 Å². The standard InChI is InChI=1S/C13H20F3N3/c1-19(2)8-4-3-7-18-10-5-6-12(17)11(9-10)13(14,15)16/h5-6,9,18H,3-4,7-8,17H2,1-2H3. The van der Waals surface area contributed by atoms with Crippen molar-refractivity contribution in [1.29, 1.82) is 0 Å². The van der Waals surface area contributed by atoms with Gasteiger partial charge in [-0.3, -0.25) is 0 Å². The van der Waals surface area contributed by atoms with Gasteiger partial charge in [-0.25, -0.2) is 0 Å². The molecule has 3 N–H and O–H groups in total. The Bertz CT molecular complexity index is 403. The lowest BCUT2D eigenvalue weighted by atomic mass is 10.1. The zero-order chi connectivity index (χ0) is 14.5. The summed E-state index contributed by atoms with van der Waals surface area (Å²) in [6.45, 7) is 1.62. The molecule has 0 amide bonds. The number of alkyl halides is 3. The minimum atomic E-state index is -4.41. The van der Waals surface area contributed by atoms with E-state index in [1.807, 2.05) is 14.1 Å². The Labute approximate surface area is 111 Å². The maximum Gasteiger partial charge on any atom is 0.418 e. The molecular weight excluding hydrogens is 255 g/mol. The second-order valence-electron chi connectivity index (χ2n) is 4.74. The first kappa shape index (κ1) is 15.6. The van der Waals surface area contributed by atoms with E-state index in [4.69, 9.17) is 5.73 Å². The predicted octanol–water partition coefficient (Wildman–Crippen LogP) is 3.04. The lowest BCUT2D eigenvalue weighted by Gasteiger charge is -2.13. The van der Waals surface area contributed by atoms with Gasteiger partial charge in [-0.15, -0.1) is 0 Å². The van der Waals surface area contributed by atoms with E-state index in [-0.39, 0.29) is 5.69 Å². The van der Waals surface area contributed by atoms with Gasteiger partial charge < -0.3 is 16.0 Å². The average molecular weight is 275 g/mol. The van der Waals surface area contributed by atoms with Crippen molar-refractivity contribution >= 4 is 11.4 Å². The van der Waals surface area contributed by atoms with Crippen LogP contribution in [-0.4, -0.2) is 32.1 Å². The van der Waals surface area contributed by atoms with Crippen molar-refractivity contribution in [1.82, 2.24) is 4.90 Å². The summed E-state index contributed by atoms with van der Waals surface area (Å²) in [5.74, 6) is 0. The molecule has 0 saturated heterocycles. The van der Waals surface area contributed by atoms with Gasteiger partial charge in [-0.2, -0.15) is 13.2 Å². The van der Waals surface area contributed by atoms with Gasteiger partial charge in [0.2, 0.25) is 0 Å². The van der Waals surface area contributed by atoms with Crippen LogP contribution in [0.2, 0.25) is 0 Å². The second-order valence-corrected chi connectivity index (χ2v) is 4.74. The zero-order valence-corrected chi connectivity index (χ0v) is 11.2. The molecule has 0 fully saturated rings. The minimum absolute atomic E-state index is 0.245. The van der Waals surface area contributed by atoms with Crippen LogP contribution in [0.5, 0.6) is 0 Å². The fourth-order valence-electron chi connectivity index (χ4n) is 1.70. The molecule has 0 radical (unpaired) electrons. The molecule has 0 aliphatic rings.